The van der Waals surface area contributed by atoms with Gasteiger partial charge in [-0.15, -0.1) is 11.3 Å². The Morgan fingerprint density at radius 3 is 3.00 bits per heavy atom. The number of thiazole rings is 1. The molecule has 9 heteroatoms. The zero-order valence-corrected chi connectivity index (χ0v) is 22.8. The van der Waals surface area contributed by atoms with E-state index in [0.29, 0.717) is 29.8 Å². The number of nitrogens with one attached hydrogen (secondary N) is 3. The zero-order valence-electron chi connectivity index (χ0n) is 22.0. The molecule has 1 saturated carbocycles. The van der Waals surface area contributed by atoms with Gasteiger partial charge in [-0.25, -0.2) is 14.8 Å². The summed E-state index contributed by atoms with van der Waals surface area (Å²) in [4.78, 5) is 20.3. The van der Waals surface area contributed by atoms with Crippen LogP contribution in [0, 0.1) is 24.6 Å². The van der Waals surface area contributed by atoms with Crippen molar-refractivity contribution in [1.29, 1.82) is 0 Å². The van der Waals surface area contributed by atoms with Gasteiger partial charge in [0.05, 0.1) is 28.4 Å². The van der Waals surface area contributed by atoms with Crippen LogP contribution in [0.2, 0.25) is 0 Å². The average Bonchev–Trinajstić information content (AvgIpc) is 3.51. The SMILES string of the molecule is COc1cccc(F)c1CN1CCC[C@@H](NC(=O)C2CCC3NNC(c4ccc5nc(C)sc5c4)C3C2)C1. The molecule has 3 aliphatic rings. The average molecular weight is 538 g/mol. The second-order valence-corrected chi connectivity index (χ2v) is 12.2. The molecule has 4 unspecified atom stereocenters. The second-order valence-electron chi connectivity index (χ2n) is 11.0. The molecular formula is C29H36FN5O2S. The summed E-state index contributed by atoms with van der Waals surface area (Å²) in [7, 11) is 1.57. The fraction of sp³-hybridized carbons (Fsp3) is 0.517. The number of amides is 1. The summed E-state index contributed by atoms with van der Waals surface area (Å²) in [6.07, 6.45) is 4.67. The number of aryl methyl sites for hydroxylation is 1. The lowest BCUT2D eigenvalue weighted by Crippen LogP contribution is -2.50. The Kier molecular flexibility index (Phi) is 7.35. The van der Waals surface area contributed by atoms with Crippen LogP contribution < -0.4 is 20.9 Å². The number of carbonyl (C=O) groups excluding carboxylic acids is 1. The number of nitrogens with zero attached hydrogens (tertiary/aromatic N) is 2. The van der Waals surface area contributed by atoms with Crippen molar-refractivity contribution in [1.82, 2.24) is 26.1 Å². The molecule has 2 aromatic carbocycles. The normalized spacial score (nSPS) is 27.8. The highest BCUT2D eigenvalue weighted by Crippen LogP contribution is 2.41. The zero-order chi connectivity index (χ0) is 26.2. The van der Waals surface area contributed by atoms with E-state index in [1.807, 2.05) is 6.92 Å². The van der Waals surface area contributed by atoms with E-state index in [4.69, 9.17) is 4.74 Å². The number of aromatic nitrogens is 1. The van der Waals surface area contributed by atoms with E-state index >= 15 is 0 Å². The molecular weight excluding hydrogens is 501 g/mol. The van der Waals surface area contributed by atoms with Crippen molar-refractivity contribution in [3.63, 3.8) is 0 Å². The lowest BCUT2D eigenvalue weighted by Gasteiger charge is -2.36. The molecule has 3 fully saturated rings. The summed E-state index contributed by atoms with van der Waals surface area (Å²) in [5, 5.41) is 4.44. The van der Waals surface area contributed by atoms with Gasteiger partial charge >= 0.3 is 0 Å². The minimum atomic E-state index is -0.245. The van der Waals surface area contributed by atoms with Crippen LogP contribution in [0.1, 0.15) is 54.3 Å². The van der Waals surface area contributed by atoms with E-state index < -0.39 is 0 Å². The van der Waals surface area contributed by atoms with Gasteiger partial charge in [-0.05, 0) is 81.3 Å². The standard InChI is InChI=1S/C29H36FN5O2S/c1-17-31-25-11-8-18(14-27(25)38-17)28-21-13-19(9-10-24(21)33-34-28)29(36)32-20-5-4-12-35(15-20)16-22-23(30)6-3-7-26(22)37-2/h3,6-8,11,14,19-21,24,28,33-34H,4-5,9-10,12-13,15-16H2,1-2H3,(H,32,36)/t19?,20-,21?,24?,28?/m1/s1. The van der Waals surface area contributed by atoms with Gasteiger partial charge in [0.25, 0.3) is 0 Å². The molecule has 202 valence electrons. The number of piperidine rings is 1. The van der Waals surface area contributed by atoms with Crippen LogP contribution in [0.15, 0.2) is 36.4 Å². The molecule has 3 aromatic rings. The van der Waals surface area contributed by atoms with Crippen LogP contribution in [0.4, 0.5) is 4.39 Å². The lowest BCUT2D eigenvalue weighted by atomic mass is 9.74. The molecule has 3 N–H and O–H groups in total. The van der Waals surface area contributed by atoms with Crippen molar-refractivity contribution in [3.8, 4) is 5.75 Å². The minimum absolute atomic E-state index is 0.0110. The quantitative estimate of drug-likeness (QED) is 0.431. The fourth-order valence-electron chi connectivity index (χ4n) is 6.62. The molecule has 6 rings (SSSR count). The smallest absolute Gasteiger partial charge is 0.223 e. The van der Waals surface area contributed by atoms with Crippen molar-refractivity contribution in [2.45, 2.75) is 63.7 Å². The molecule has 2 saturated heterocycles. The first-order chi connectivity index (χ1) is 18.5. The fourth-order valence-corrected chi connectivity index (χ4v) is 7.49. The number of methoxy groups -OCH3 is 1. The number of rotatable bonds is 6. The van der Waals surface area contributed by atoms with Gasteiger partial charge in [0.2, 0.25) is 5.91 Å². The Balaban J connectivity index is 1.08. The Morgan fingerprint density at radius 2 is 2.13 bits per heavy atom. The predicted molar refractivity (Wildman–Crippen MR) is 147 cm³/mol. The number of ether oxygens (including phenoxy) is 1. The van der Waals surface area contributed by atoms with Gasteiger partial charge in [0, 0.05) is 36.7 Å². The third kappa shape index (κ3) is 5.17. The molecule has 2 aliphatic heterocycles. The number of benzene rings is 2. The molecule has 7 nitrogen and oxygen atoms in total. The molecule has 38 heavy (non-hydrogen) atoms. The maximum Gasteiger partial charge on any atom is 0.223 e. The van der Waals surface area contributed by atoms with Gasteiger partial charge in [0.15, 0.2) is 0 Å². The first-order valence-electron chi connectivity index (χ1n) is 13.7. The predicted octanol–water partition coefficient (Wildman–Crippen LogP) is 4.47. The molecule has 1 aliphatic carbocycles. The number of carbonyl (C=O) groups is 1. The van der Waals surface area contributed by atoms with E-state index in [2.05, 4.69) is 44.3 Å². The largest absolute Gasteiger partial charge is 0.496 e. The molecule has 0 bridgehead atoms. The van der Waals surface area contributed by atoms with E-state index in [9.17, 15) is 9.18 Å². The van der Waals surface area contributed by atoms with Crippen molar-refractivity contribution < 1.29 is 13.9 Å². The van der Waals surface area contributed by atoms with Crippen molar-refractivity contribution >= 4 is 27.5 Å². The third-order valence-electron chi connectivity index (χ3n) is 8.53. The maximum absolute atomic E-state index is 14.5. The Hall–Kier alpha value is -2.59. The molecule has 0 spiro atoms. The Bertz CT molecular complexity index is 1320. The van der Waals surface area contributed by atoms with E-state index in [-0.39, 0.29) is 29.7 Å². The van der Waals surface area contributed by atoms with Gasteiger partial charge in [-0.3, -0.25) is 15.1 Å². The maximum atomic E-state index is 14.5. The minimum Gasteiger partial charge on any atom is -0.496 e. The molecule has 3 heterocycles. The number of hydrazine groups is 1. The third-order valence-corrected chi connectivity index (χ3v) is 9.46. The van der Waals surface area contributed by atoms with Crippen LogP contribution in [0.25, 0.3) is 10.2 Å². The van der Waals surface area contributed by atoms with Gasteiger partial charge in [-0.2, -0.15) is 0 Å². The lowest BCUT2D eigenvalue weighted by molar-refractivity contribution is -0.127. The highest BCUT2D eigenvalue weighted by Gasteiger charge is 2.43. The number of fused-ring (bicyclic) bond motifs is 2. The molecule has 1 amide bonds. The first kappa shape index (κ1) is 25.7. The highest BCUT2D eigenvalue weighted by molar-refractivity contribution is 7.18. The van der Waals surface area contributed by atoms with Crippen LogP contribution in [0.5, 0.6) is 5.75 Å². The summed E-state index contributed by atoms with van der Waals surface area (Å²) in [6, 6.07) is 12.1. The van der Waals surface area contributed by atoms with Crippen LogP contribution in [0.3, 0.4) is 0 Å². The summed E-state index contributed by atoms with van der Waals surface area (Å²) in [6.45, 7) is 4.14. The molecule has 5 atom stereocenters. The topological polar surface area (TPSA) is 78.5 Å². The van der Waals surface area contributed by atoms with Crippen molar-refractivity contribution in [2.24, 2.45) is 11.8 Å². The Labute approximate surface area is 227 Å². The monoisotopic (exact) mass is 537 g/mol. The number of hydrogen-bond acceptors (Lipinski definition) is 7. The Morgan fingerprint density at radius 1 is 1.24 bits per heavy atom. The van der Waals surface area contributed by atoms with Gasteiger partial charge in [-0.1, -0.05) is 12.1 Å². The van der Waals surface area contributed by atoms with Crippen molar-refractivity contribution in [2.75, 3.05) is 20.2 Å². The van der Waals surface area contributed by atoms with Crippen LogP contribution in [-0.2, 0) is 11.3 Å². The number of halogens is 1. The highest BCUT2D eigenvalue weighted by atomic mass is 32.1. The number of hydrogen-bond donors (Lipinski definition) is 3. The van der Waals surface area contributed by atoms with E-state index in [1.165, 1.54) is 16.3 Å². The molecule has 1 aromatic heterocycles. The second kappa shape index (κ2) is 10.9. The molecule has 0 radical (unpaired) electrons. The van der Waals surface area contributed by atoms with Gasteiger partial charge < -0.3 is 10.1 Å². The van der Waals surface area contributed by atoms with Gasteiger partial charge in [0.1, 0.15) is 11.6 Å². The van der Waals surface area contributed by atoms with Crippen LogP contribution >= 0.6 is 11.3 Å². The summed E-state index contributed by atoms with van der Waals surface area (Å²) in [5.74, 6) is 0.869. The van der Waals surface area contributed by atoms with E-state index in [1.54, 1.807) is 30.6 Å². The number of likely N-dealkylation sites (tertiary alicyclic amines) is 1. The summed E-state index contributed by atoms with van der Waals surface area (Å²) < 4.78 is 21.1. The summed E-state index contributed by atoms with van der Waals surface area (Å²) >= 11 is 1.73. The summed E-state index contributed by atoms with van der Waals surface area (Å²) in [5.41, 5.74) is 9.92. The van der Waals surface area contributed by atoms with Crippen LogP contribution in [-0.4, -0.2) is 48.1 Å². The first-order valence-corrected chi connectivity index (χ1v) is 14.5. The van der Waals surface area contributed by atoms with Crippen molar-refractivity contribution in [3.05, 3.63) is 58.3 Å². The van der Waals surface area contributed by atoms with E-state index in [0.717, 1.165) is 55.7 Å².